The largest absolute Gasteiger partial charge is 0.397 e. The summed E-state index contributed by atoms with van der Waals surface area (Å²) < 4.78 is 26.0. The lowest BCUT2D eigenvalue weighted by atomic mass is 10.3. The van der Waals surface area contributed by atoms with Crippen molar-refractivity contribution in [3.8, 4) is 0 Å². The third-order valence-corrected chi connectivity index (χ3v) is 3.61. The summed E-state index contributed by atoms with van der Waals surface area (Å²) in [5, 5.41) is 6.38. The Labute approximate surface area is 103 Å². The zero-order valence-corrected chi connectivity index (χ0v) is 10.1. The van der Waals surface area contributed by atoms with Crippen LogP contribution in [-0.4, -0.2) is 18.6 Å². The quantitative estimate of drug-likeness (QED) is 0.736. The van der Waals surface area contributed by atoms with Crippen molar-refractivity contribution in [2.75, 3.05) is 10.5 Å². The van der Waals surface area contributed by atoms with E-state index in [0.29, 0.717) is 10.7 Å². The predicted octanol–water partition coefficient (Wildman–Crippen LogP) is 1.45. The Hall–Kier alpha value is -1.73. The van der Waals surface area contributed by atoms with E-state index in [-0.39, 0.29) is 10.6 Å². The lowest BCUT2D eigenvalue weighted by Gasteiger charge is -2.08. The second-order valence-corrected chi connectivity index (χ2v) is 5.39. The summed E-state index contributed by atoms with van der Waals surface area (Å²) in [7, 11) is -3.69. The van der Waals surface area contributed by atoms with Crippen molar-refractivity contribution in [3.05, 3.63) is 35.6 Å². The van der Waals surface area contributed by atoms with Crippen molar-refractivity contribution in [1.82, 2.24) is 10.2 Å². The third kappa shape index (κ3) is 2.51. The predicted molar refractivity (Wildman–Crippen MR) is 65.3 cm³/mol. The highest BCUT2D eigenvalue weighted by atomic mass is 35.5. The number of aromatic amines is 1. The number of nitrogens with one attached hydrogen (secondary N) is 2. The standard InChI is InChI=1S/C9H9ClN4O2S/c10-6-1-2-8(11)9(3-6)14-17(15,16)7-4-12-13-5-7/h1-5,14H,11H2,(H,12,13). The average molecular weight is 273 g/mol. The van der Waals surface area contributed by atoms with Gasteiger partial charge in [-0.15, -0.1) is 0 Å². The number of halogens is 1. The van der Waals surface area contributed by atoms with E-state index in [2.05, 4.69) is 14.9 Å². The van der Waals surface area contributed by atoms with Gasteiger partial charge in [0.25, 0.3) is 10.0 Å². The number of aromatic nitrogens is 2. The van der Waals surface area contributed by atoms with Gasteiger partial charge in [0.15, 0.2) is 0 Å². The van der Waals surface area contributed by atoms with Gasteiger partial charge in [0, 0.05) is 11.2 Å². The number of rotatable bonds is 3. The summed E-state index contributed by atoms with van der Waals surface area (Å²) in [6.07, 6.45) is 2.46. The first-order valence-corrected chi connectivity index (χ1v) is 6.42. The van der Waals surface area contributed by atoms with Crippen molar-refractivity contribution in [2.24, 2.45) is 0 Å². The number of H-pyrrole nitrogens is 1. The molecule has 17 heavy (non-hydrogen) atoms. The minimum absolute atomic E-state index is 0.0249. The van der Waals surface area contributed by atoms with Crippen LogP contribution in [-0.2, 0) is 10.0 Å². The molecule has 1 aromatic heterocycles. The lowest BCUT2D eigenvalue weighted by Crippen LogP contribution is -2.13. The molecule has 0 atom stereocenters. The molecule has 4 N–H and O–H groups in total. The van der Waals surface area contributed by atoms with E-state index in [1.165, 1.54) is 24.5 Å². The van der Waals surface area contributed by atoms with E-state index in [1.807, 2.05) is 0 Å². The van der Waals surface area contributed by atoms with E-state index in [1.54, 1.807) is 6.07 Å². The second kappa shape index (κ2) is 4.27. The number of anilines is 2. The molecular weight excluding hydrogens is 264 g/mol. The van der Waals surface area contributed by atoms with Gasteiger partial charge in [0.1, 0.15) is 4.90 Å². The van der Waals surface area contributed by atoms with Crippen molar-refractivity contribution in [1.29, 1.82) is 0 Å². The molecule has 0 bridgehead atoms. The van der Waals surface area contributed by atoms with Gasteiger partial charge in [-0.05, 0) is 18.2 Å². The van der Waals surface area contributed by atoms with Gasteiger partial charge in [-0.2, -0.15) is 5.10 Å². The minimum Gasteiger partial charge on any atom is -0.397 e. The first kappa shape index (κ1) is 11.7. The average Bonchev–Trinajstić information content (AvgIpc) is 2.77. The highest BCUT2D eigenvalue weighted by Gasteiger charge is 2.16. The molecule has 0 spiro atoms. The number of hydrogen-bond donors (Lipinski definition) is 3. The van der Waals surface area contributed by atoms with E-state index in [4.69, 9.17) is 17.3 Å². The van der Waals surface area contributed by atoms with Crippen LogP contribution < -0.4 is 10.5 Å². The van der Waals surface area contributed by atoms with Crippen LogP contribution in [0.4, 0.5) is 11.4 Å². The monoisotopic (exact) mass is 272 g/mol. The Morgan fingerprint density at radius 2 is 2.18 bits per heavy atom. The van der Waals surface area contributed by atoms with Crippen LogP contribution in [0.5, 0.6) is 0 Å². The molecule has 0 radical (unpaired) electrons. The van der Waals surface area contributed by atoms with E-state index >= 15 is 0 Å². The van der Waals surface area contributed by atoms with Gasteiger partial charge in [-0.25, -0.2) is 8.42 Å². The summed E-state index contributed by atoms with van der Waals surface area (Å²) in [5.74, 6) is 0. The van der Waals surface area contributed by atoms with Gasteiger partial charge >= 0.3 is 0 Å². The SMILES string of the molecule is Nc1ccc(Cl)cc1NS(=O)(=O)c1cn[nH]c1. The molecule has 1 aromatic carbocycles. The summed E-state index contributed by atoms with van der Waals surface area (Å²) in [4.78, 5) is 0.0249. The Kier molecular flexibility index (Phi) is 2.95. The molecule has 0 unspecified atom stereocenters. The maximum atomic E-state index is 11.9. The summed E-state index contributed by atoms with van der Waals surface area (Å²) >= 11 is 5.76. The van der Waals surface area contributed by atoms with E-state index in [9.17, 15) is 8.42 Å². The van der Waals surface area contributed by atoms with Crippen LogP contribution >= 0.6 is 11.6 Å². The van der Waals surface area contributed by atoms with Gasteiger partial charge < -0.3 is 5.73 Å². The number of nitrogens with zero attached hydrogens (tertiary/aromatic N) is 1. The molecule has 90 valence electrons. The molecule has 0 fully saturated rings. The smallest absolute Gasteiger partial charge is 0.265 e. The molecule has 0 saturated carbocycles. The third-order valence-electron chi connectivity index (χ3n) is 2.04. The van der Waals surface area contributed by atoms with Crippen LogP contribution in [0, 0.1) is 0 Å². The Morgan fingerprint density at radius 3 is 2.82 bits per heavy atom. The van der Waals surface area contributed by atoms with Crippen LogP contribution in [0.15, 0.2) is 35.5 Å². The van der Waals surface area contributed by atoms with E-state index < -0.39 is 10.0 Å². The zero-order chi connectivity index (χ0) is 12.5. The van der Waals surface area contributed by atoms with E-state index in [0.717, 1.165) is 0 Å². The van der Waals surface area contributed by atoms with Crippen molar-refractivity contribution < 1.29 is 8.42 Å². The second-order valence-electron chi connectivity index (χ2n) is 3.27. The fourth-order valence-corrected chi connectivity index (χ4v) is 2.36. The highest BCUT2D eigenvalue weighted by molar-refractivity contribution is 7.92. The van der Waals surface area contributed by atoms with Crippen molar-refractivity contribution >= 4 is 33.0 Å². The van der Waals surface area contributed by atoms with Crippen LogP contribution in [0.2, 0.25) is 5.02 Å². The summed E-state index contributed by atoms with van der Waals surface area (Å²) in [5.41, 5.74) is 6.17. The van der Waals surface area contributed by atoms with Gasteiger partial charge in [0.05, 0.1) is 17.6 Å². The maximum Gasteiger partial charge on any atom is 0.265 e. The summed E-state index contributed by atoms with van der Waals surface area (Å²) in [6, 6.07) is 4.54. The summed E-state index contributed by atoms with van der Waals surface area (Å²) in [6.45, 7) is 0. The molecule has 0 aliphatic heterocycles. The lowest BCUT2D eigenvalue weighted by molar-refractivity contribution is 0.601. The number of nitrogens with two attached hydrogens (primary N) is 1. The number of benzene rings is 1. The molecule has 8 heteroatoms. The maximum absolute atomic E-state index is 11.9. The van der Waals surface area contributed by atoms with Gasteiger partial charge in [-0.1, -0.05) is 11.6 Å². The Balaban J connectivity index is 2.36. The first-order valence-electron chi connectivity index (χ1n) is 4.56. The van der Waals surface area contributed by atoms with Gasteiger partial charge in [-0.3, -0.25) is 9.82 Å². The fraction of sp³-hybridized carbons (Fsp3) is 0. The first-order chi connectivity index (χ1) is 7.99. The molecule has 6 nitrogen and oxygen atoms in total. The number of hydrogen-bond acceptors (Lipinski definition) is 4. The number of sulfonamides is 1. The van der Waals surface area contributed by atoms with Crippen LogP contribution in [0.25, 0.3) is 0 Å². The van der Waals surface area contributed by atoms with Crippen LogP contribution in [0.1, 0.15) is 0 Å². The molecule has 0 aliphatic rings. The molecule has 2 rings (SSSR count). The fourth-order valence-electron chi connectivity index (χ4n) is 1.21. The normalized spacial score (nSPS) is 11.4. The molecule has 1 heterocycles. The van der Waals surface area contributed by atoms with Crippen LogP contribution in [0.3, 0.4) is 0 Å². The molecule has 0 amide bonds. The molecular formula is C9H9ClN4O2S. The zero-order valence-electron chi connectivity index (χ0n) is 8.51. The minimum atomic E-state index is -3.69. The number of nitrogen functional groups attached to an aromatic ring is 1. The van der Waals surface area contributed by atoms with Crippen molar-refractivity contribution in [2.45, 2.75) is 4.90 Å². The Bertz CT molecular complexity index is 624. The highest BCUT2D eigenvalue weighted by Crippen LogP contribution is 2.25. The molecule has 0 aliphatic carbocycles. The Morgan fingerprint density at radius 1 is 1.41 bits per heavy atom. The molecule has 2 aromatic rings. The topological polar surface area (TPSA) is 101 Å². The van der Waals surface area contributed by atoms with Gasteiger partial charge in [0.2, 0.25) is 0 Å². The molecule has 0 saturated heterocycles. The van der Waals surface area contributed by atoms with Crippen molar-refractivity contribution in [3.63, 3.8) is 0 Å².